The van der Waals surface area contributed by atoms with Crippen molar-refractivity contribution in [3.8, 4) is 0 Å². The summed E-state index contributed by atoms with van der Waals surface area (Å²) >= 11 is 12.2. The molecule has 0 amide bonds. The van der Waals surface area contributed by atoms with E-state index in [-0.39, 0.29) is 0 Å². The van der Waals surface area contributed by atoms with Crippen LogP contribution in [0.5, 0.6) is 0 Å². The standard InChI is InChI=1S/C16H23Cl2N/c1-11(2)8-12-4-3-5-14(9-12)19-16-7-6-13(17)10-15(16)18/h6-7,10-12,14,19H,3-5,8-9H2,1-2H3. The number of rotatable bonds is 4. The van der Waals surface area contributed by atoms with E-state index in [1.54, 1.807) is 6.07 Å². The SMILES string of the molecule is CC(C)CC1CCCC(Nc2ccc(Cl)cc2Cl)C1. The van der Waals surface area contributed by atoms with Crippen LogP contribution in [-0.2, 0) is 0 Å². The molecule has 19 heavy (non-hydrogen) atoms. The van der Waals surface area contributed by atoms with Gasteiger partial charge in [-0.2, -0.15) is 0 Å². The molecule has 1 N–H and O–H groups in total. The van der Waals surface area contributed by atoms with E-state index in [9.17, 15) is 0 Å². The molecule has 1 saturated carbocycles. The average Bonchev–Trinajstić information content (AvgIpc) is 2.32. The van der Waals surface area contributed by atoms with Crippen molar-refractivity contribution in [3.63, 3.8) is 0 Å². The molecule has 0 aliphatic heterocycles. The minimum atomic E-state index is 0.552. The predicted octanol–water partition coefficient (Wildman–Crippen LogP) is 6.01. The smallest absolute Gasteiger partial charge is 0.0652 e. The van der Waals surface area contributed by atoms with Crippen molar-refractivity contribution >= 4 is 28.9 Å². The van der Waals surface area contributed by atoms with Crippen LogP contribution in [0.2, 0.25) is 10.0 Å². The Balaban J connectivity index is 1.94. The fraction of sp³-hybridized carbons (Fsp3) is 0.625. The van der Waals surface area contributed by atoms with Crippen molar-refractivity contribution in [3.05, 3.63) is 28.2 Å². The lowest BCUT2D eigenvalue weighted by Crippen LogP contribution is -2.28. The van der Waals surface area contributed by atoms with Gasteiger partial charge in [0, 0.05) is 11.1 Å². The molecule has 1 aliphatic rings. The van der Waals surface area contributed by atoms with Crippen LogP contribution in [0.15, 0.2) is 18.2 Å². The molecular weight excluding hydrogens is 277 g/mol. The molecule has 3 heteroatoms. The topological polar surface area (TPSA) is 12.0 Å². The van der Waals surface area contributed by atoms with Crippen LogP contribution in [0, 0.1) is 11.8 Å². The second-order valence-electron chi connectivity index (χ2n) is 6.13. The highest BCUT2D eigenvalue weighted by atomic mass is 35.5. The van der Waals surface area contributed by atoms with Gasteiger partial charge < -0.3 is 5.32 Å². The Morgan fingerprint density at radius 2 is 2.05 bits per heavy atom. The Kier molecular flexibility index (Phi) is 5.41. The molecule has 1 nitrogen and oxygen atoms in total. The summed E-state index contributed by atoms with van der Waals surface area (Å²) in [6.45, 7) is 4.63. The van der Waals surface area contributed by atoms with Gasteiger partial charge in [-0.25, -0.2) is 0 Å². The summed E-state index contributed by atoms with van der Waals surface area (Å²) in [7, 11) is 0. The van der Waals surface area contributed by atoms with E-state index in [0.717, 1.165) is 22.5 Å². The molecule has 1 aromatic carbocycles. The molecule has 1 aromatic rings. The van der Waals surface area contributed by atoms with Crippen LogP contribution in [0.3, 0.4) is 0 Å². The molecule has 106 valence electrons. The zero-order valence-electron chi connectivity index (χ0n) is 11.8. The van der Waals surface area contributed by atoms with E-state index >= 15 is 0 Å². The Hall–Kier alpha value is -0.400. The molecule has 0 spiro atoms. The van der Waals surface area contributed by atoms with Crippen molar-refractivity contribution < 1.29 is 0 Å². The maximum absolute atomic E-state index is 6.22. The van der Waals surface area contributed by atoms with Gasteiger partial charge in [0.15, 0.2) is 0 Å². The molecule has 2 unspecified atom stereocenters. The summed E-state index contributed by atoms with van der Waals surface area (Å²) in [5, 5.41) is 5.00. The highest BCUT2D eigenvalue weighted by Gasteiger charge is 2.22. The molecule has 0 radical (unpaired) electrons. The van der Waals surface area contributed by atoms with Gasteiger partial charge in [-0.1, -0.05) is 49.9 Å². The molecule has 2 atom stereocenters. The molecule has 1 fully saturated rings. The average molecular weight is 300 g/mol. The highest BCUT2D eigenvalue weighted by molar-refractivity contribution is 6.36. The van der Waals surface area contributed by atoms with E-state index in [1.165, 1.54) is 32.1 Å². The summed E-state index contributed by atoms with van der Waals surface area (Å²) in [5.74, 6) is 1.65. The molecule has 0 bridgehead atoms. The lowest BCUT2D eigenvalue weighted by atomic mass is 9.81. The molecule has 2 rings (SSSR count). The van der Waals surface area contributed by atoms with E-state index in [4.69, 9.17) is 23.2 Å². The third-order valence-corrected chi connectivity index (χ3v) is 4.43. The molecule has 0 heterocycles. The highest BCUT2D eigenvalue weighted by Crippen LogP contribution is 2.33. The molecule has 1 aliphatic carbocycles. The lowest BCUT2D eigenvalue weighted by Gasteiger charge is -2.31. The monoisotopic (exact) mass is 299 g/mol. The van der Waals surface area contributed by atoms with Gasteiger partial charge in [0.25, 0.3) is 0 Å². The van der Waals surface area contributed by atoms with Crippen LogP contribution in [0.25, 0.3) is 0 Å². The van der Waals surface area contributed by atoms with Gasteiger partial charge in [0.2, 0.25) is 0 Å². The van der Waals surface area contributed by atoms with E-state index in [2.05, 4.69) is 19.2 Å². The zero-order valence-corrected chi connectivity index (χ0v) is 13.3. The second kappa shape index (κ2) is 6.85. The first kappa shape index (κ1) is 15.0. The Bertz CT molecular complexity index is 417. The number of hydrogen-bond donors (Lipinski definition) is 1. The largest absolute Gasteiger partial charge is 0.381 e. The van der Waals surface area contributed by atoms with Crippen LogP contribution < -0.4 is 5.32 Å². The molecular formula is C16H23Cl2N. The van der Waals surface area contributed by atoms with Crippen molar-refractivity contribution in [2.75, 3.05) is 5.32 Å². The van der Waals surface area contributed by atoms with E-state index in [1.807, 2.05) is 12.1 Å². The summed E-state index contributed by atoms with van der Waals surface area (Å²) in [5.41, 5.74) is 1.02. The van der Waals surface area contributed by atoms with Gasteiger partial charge in [-0.3, -0.25) is 0 Å². The van der Waals surface area contributed by atoms with Crippen LogP contribution in [-0.4, -0.2) is 6.04 Å². The number of benzene rings is 1. The third-order valence-electron chi connectivity index (χ3n) is 3.88. The van der Waals surface area contributed by atoms with Crippen molar-refractivity contribution in [2.24, 2.45) is 11.8 Å². The van der Waals surface area contributed by atoms with Gasteiger partial charge in [0.05, 0.1) is 10.7 Å². The number of halogens is 2. The van der Waals surface area contributed by atoms with E-state index in [0.29, 0.717) is 11.1 Å². The normalized spacial score (nSPS) is 23.6. The Morgan fingerprint density at radius 1 is 1.26 bits per heavy atom. The van der Waals surface area contributed by atoms with Crippen molar-refractivity contribution in [1.82, 2.24) is 0 Å². The van der Waals surface area contributed by atoms with Crippen molar-refractivity contribution in [2.45, 2.75) is 52.0 Å². The first-order chi connectivity index (χ1) is 9.04. The summed E-state index contributed by atoms with van der Waals surface area (Å²) < 4.78 is 0. The predicted molar refractivity (Wildman–Crippen MR) is 85.3 cm³/mol. The maximum Gasteiger partial charge on any atom is 0.0652 e. The zero-order chi connectivity index (χ0) is 13.8. The first-order valence-electron chi connectivity index (χ1n) is 7.26. The number of nitrogens with one attached hydrogen (secondary N) is 1. The van der Waals surface area contributed by atoms with Gasteiger partial charge in [0.1, 0.15) is 0 Å². The quantitative estimate of drug-likeness (QED) is 0.718. The van der Waals surface area contributed by atoms with Gasteiger partial charge in [-0.05, 0) is 49.3 Å². The van der Waals surface area contributed by atoms with Crippen LogP contribution in [0.1, 0.15) is 46.0 Å². The summed E-state index contributed by atoms with van der Waals surface area (Å²) in [4.78, 5) is 0. The molecule has 0 saturated heterocycles. The van der Waals surface area contributed by atoms with Crippen LogP contribution >= 0.6 is 23.2 Å². The van der Waals surface area contributed by atoms with Gasteiger partial charge in [-0.15, -0.1) is 0 Å². The Morgan fingerprint density at radius 3 is 2.74 bits per heavy atom. The Labute approximate surface area is 126 Å². The minimum Gasteiger partial charge on any atom is -0.381 e. The summed E-state index contributed by atoms with van der Waals surface area (Å²) in [6.07, 6.45) is 6.54. The third kappa shape index (κ3) is 4.57. The minimum absolute atomic E-state index is 0.552. The lowest BCUT2D eigenvalue weighted by molar-refractivity contribution is 0.289. The van der Waals surface area contributed by atoms with Crippen LogP contribution in [0.4, 0.5) is 5.69 Å². The summed E-state index contributed by atoms with van der Waals surface area (Å²) in [6, 6.07) is 6.23. The first-order valence-corrected chi connectivity index (χ1v) is 8.01. The second-order valence-corrected chi connectivity index (χ2v) is 6.97. The van der Waals surface area contributed by atoms with E-state index < -0.39 is 0 Å². The number of anilines is 1. The fourth-order valence-corrected chi connectivity index (χ4v) is 3.59. The number of hydrogen-bond acceptors (Lipinski definition) is 1. The van der Waals surface area contributed by atoms with Crippen molar-refractivity contribution in [1.29, 1.82) is 0 Å². The van der Waals surface area contributed by atoms with Gasteiger partial charge >= 0.3 is 0 Å². The maximum atomic E-state index is 6.22. The fourth-order valence-electron chi connectivity index (χ4n) is 3.13. The molecule has 0 aromatic heterocycles.